The molecule has 0 atom stereocenters. The van der Waals surface area contributed by atoms with Gasteiger partial charge < -0.3 is 0 Å². The summed E-state index contributed by atoms with van der Waals surface area (Å²) in [6, 6.07) is 10.2. The Hall–Kier alpha value is -2.16. The van der Waals surface area contributed by atoms with Crippen molar-refractivity contribution < 1.29 is 4.79 Å². The molecule has 0 spiro atoms. The summed E-state index contributed by atoms with van der Waals surface area (Å²) in [6.45, 7) is 10.3. The number of benzene rings is 1. The van der Waals surface area contributed by atoms with Crippen LogP contribution in [0.4, 0.5) is 0 Å². The van der Waals surface area contributed by atoms with Gasteiger partial charge in [-0.15, -0.1) is 0 Å². The SMILES string of the molecule is Cc1cc(C)n(C(=O)C=Cc2ccc(C(C)(C)C)cc2)n1. The maximum absolute atomic E-state index is 12.1. The highest BCUT2D eigenvalue weighted by Gasteiger charge is 2.12. The lowest BCUT2D eigenvalue weighted by Gasteiger charge is -2.18. The lowest BCUT2D eigenvalue weighted by molar-refractivity contribution is 0.0952. The molecule has 2 rings (SSSR count). The summed E-state index contributed by atoms with van der Waals surface area (Å²) in [5, 5.41) is 4.18. The smallest absolute Gasteiger partial charge is 0.267 e. The summed E-state index contributed by atoms with van der Waals surface area (Å²) in [4.78, 5) is 12.1. The molecule has 1 aromatic heterocycles. The molecule has 0 fully saturated rings. The van der Waals surface area contributed by atoms with Crippen molar-refractivity contribution >= 4 is 12.0 Å². The van der Waals surface area contributed by atoms with Crippen molar-refractivity contribution in [2.24, 2.45) is 0 Å². The zero-order valence-electron chi connectivity index (χ0n) is 13.3. The van der Waals surface area contributed by atoms with Crippen molar-refractivity contribution in [2.75, 3.05) is 0 Å². The Balaban J connectivity index is 2.14. The lowest BCUT2D eigenvalue weighted by Crippen LogP contribution is -2.11. The summed E-state index contributed by atoms with van der Waals surface area (Å²) in [7, 11) is 0. The zero-order valence-corrected chi connectivity index (χ0v) is 13.3. The second-order valence-corrected chi connectivity index (χ2v) is 6.38. The van der Waals surface area contributed by atoms with E-state index in [1.807, 2.05) is 38.1 Å². The van der Waals surface area contributed by atoms with Gasteiger partial charge in [-0.3, -0.25) is 4.79 Å². The average Bonchev–Trinajstić information content (AvgIpc) is 2.74. The van der Waals surface area contributed by atoms with Crippen molar-refractivity contribution in [1.29, 1.82) is 0 Å². The molecule has 3 heteroatoms. The molecule has 110 valence electrons. The number of carbonyl (C=O) groups excluding carboxylic acids is 1. The van der Waals surface area contributed by atoms with E-state index in [4.69, 9.17) is 0 Å². The van der Waals surface area contributed by atoms with Crippen molar-refractivity contribution in [3.05, 3.63) is 58.9 Å². The van der Waals surface area contributed by atoms with Gasteiger partial charge in [-0.1, -0.05) is 45.0 Å². The molecule has 21 heavy (non-hydrogen) atoms. The number of aromatic nitrogens is 2. The van der Waals surface area contributed by atoms with Crippen LogP contribution in [0, 0.1) is 13.8 Å². The molecule has 0 aliphatic carbocycles. The highest BCUT2D eigenvalue weighted by molar-refractivity contribution is 5.93. The van der Waals surface area contributed by atoms with E-state index in [0.29, 0.717) is 0 Å². The molecule has 0 aliphatic rings. The first-order valence-electron chi connectivity index (χ1n) is 7.13. The third-order valence-electron chi connectivity index (χ3n) is 3.41. The first kappa shape index (κ1) is 15.2. The molecule has 0 saturated carbocycles. The van der Waals surface area contributed by atoms with Crippen LogP contribution < -0.4 is 0 Å². The molecule has 3 nitrogen and oxygen atoms in total. The van der Waals surface area contributed by atoms with Gasteiger partial charge in [0.05, 0.1) is 5.69 Å². The summed E-state index contributed by atoms with van der Waals surface area (Å²) in [5.74, 6) is -0.125. The van der Waals surface area contributed by atoms with Crippen LogP contribution in [-0.4, -0.2) is 15.7 Å². The van der Waals surface area contributed by atoms with Gasteiger partial charge in [-0.2, -0.15) is 5.10 Å². The van der Waals surface area contributed by atoms with E-state index < -0.39 is 0 Å². The normalized spacial score (nSPS) is 12.0. The van der Waals surface area contributed by atoms with E-state index in [1.165, 1.54) is 10.2 Å². The Morgan fingerprint density at radius 3 is 2.24 bits per heavy atom. The van der Waals surface area contributed by atoms with Gasteiger partial charge in [-0.25, -0.2) is 4.68 Å². The molecular formula is C18H22N2O. The van der Waals surface area contributed by atoms with Gasteiger partial charge in [0.1, 0.15) is 0 Å². The molecule has 0 amide bonds. The Morgan fingerprint density at radius 1 is 1.14 bits per heavy atom. The van der Waals surface area contributed by atoms with Crippen LogP contribution in [-0.2, 0) is 5.41 Å². The van der Waals surface area contributed by atoms with Crippen LogP contribution in [0.5, 0.6) is 0 Å². The van der Waals surface area contributed by atoms with Gasteiger partial charge in [0, 0.05) is 11.8 Å². The monoisotopic (exact) mass is 282 g/mol. The minimum Gasteiger partial charge on any atom is -0.267 e. The van der Waals surface area contributed by atoms with Gasteiger partial charge in [0.15, 0.2) is 0 Å². The van der Waals surface area contributed by atoms with E-state index in [2.05, 4.69) is 38.0 Å². The molecule has 0 bridgehead atoms. The molecule has 2 aromatic rings. The number of hydrogen-bond donors (Lipinski definition) is 0. The third-order valence-corrected chi connectivity index (χ3v) is 3.41. The molecular weight excluding hydrogens is 260 g/mol. The van der Waals surface area contributed by atoms with Crippen molar-refractivity contribution in [2.45, 2.75) is 40.0 Å². The van der Waals surface area contributed by atoms with E-state index in [1.54, 1.807) is 6.08 Å². The van der Waals surface area contributed by atoms with E-state index in [9.17, 15) is 4.79 Å². The zero-order chi connectivity index (χ0) is 15.6. The fourth-order valence-electron chi connectivity index (χ4n) is 2.18. The molecule has 0 radical (unpaired) electrons. The highest BCUT2D eigenvalue weighted by atomic mass is 16.2. The van der Waals surface area contributed by atoms with Crippen LogP contribution in [0.1, 0.15) is 48.1 Å². The molecule has 0 unspecified atom stereocenters. The van der Waals surface area contributed by atoms with Crippen molar-refractivity contribution in [1.82, 2.24) is 9.78 Å². The van der Waals surface area contributed by atoms with E-state index in [0.717, 1.165) is 17.0 Å². The minimum atomic E-state index is -0.125. The number of nitrogens with zero attached hydrogens (tertiary/aromatic N) is 2. The Bertz CT molecular complexity index is 670. The lowest BCUT2D eigenvalue weighted by atomic mass is 9.87. The minimum absolute atomic E-state index is 0.125. The van der Waals surface area contributed by atoms with Crippen LogP contribution in [0.3, 0.4) is 0 Å². The average molecular weight is 282 g/mol. The molecule has 1 aromatic carbocycles. The largest absolute Gasteiger partial charge is 0.271 e. The molecule has 0 aliphatic heterocycles. The van der Waals surface area contributed by atoms with Crippen LogP contribution in [0.15, 0.2) is 36.4 Å². The summed E-state index contributed by atoms with van der Waals surface area (Å²) < 4.78 is 1.43. The fraction of sp³-hybridized carbons (Fsp3) is 0.333. The number of hydrogen-bond acceptors (Lipinski definition) is 2. The summed E-state index contributed by atoms with van der Waals surface area (Å²) in [6.07, 6.45) is 3.39. The molecule has 1 heterocycles. The predicted molar refractivity (Wildman–Crippen MR) is 86.5 cm³/mol. The van der Waals surface area contributed by atoms with E-state index in [-0.39, 0.29) is 11.3 Å². The second kappa shape index (κ2) is 5.68. The number of carbonyl (C=O) groups is 1. The Labute approximate surface area is 126 Å². The van der Waals surface area contributed by atoms with Crippen molar-refractivity contribution in [3.8, 4) is 0 Å². The quantitative estimate of drug-likeness (QED) is 0.775. The standard InChI is InChI=1S/C18H22N2O/c1-13-12-14(2)20(19-13)17(21)11-8-15-6-9-16(10-7-15)18(3,4)5/h6-12H,1-5H3. The first-order valence-corrected chi connectivity index (χ1v) is 7.13. The topological polar surface area (TPSA) is 34.9 Å². The van der Waals surface area contributed by atoms with Gasteiger partial charge in [0.25, 0.3) is 5.91 Å². The Morgan fingerprint density at radius 2 is 1.76 bits per heavy atom. The van der Waals surface area contributed by atoms with Crippen LogP contribution in [0.2, 0.25) is 0 Å². The fourth-order valence-corrected chi connectivity index (χ4v) is 2.18. The summed E-state index contributed by atoms with van der Waals surface area (Å²) in [5.41, 5.74) is 4.14. The second-order valence-electron chi connectivity index (χ2n) is 6.38. The van der Waals surface area contributed by atoms with E-state index >= 15 is 0 Å². The molecule has 0 saturated heterocycles. The Kier molecular flexibility index (Phi) is 4.12. The summed E-state index contributed by atoms with van der Waals surface area (Å²) >= 11 is 0. The maximum Gasteiger partial charge on any atom is 0.271 e. The van der Waals surface area contributed by atoms with Gasteiger partial charge in [-0.05, 0) is 42.5 Å². The first-order chi connectivity index (χ1) is 9.77. The van der Waals surface area contributed by atoms with Gasteiger partial charge in [0.2, 0.25) is 0 Å². The molecule has 0 N–H and O–H groups in total. The maximum atomic E-state index is 12.1. The van der Waals surface area contributed by atoms with Gasteiger partial charge >= 0.3 is 0 Å². The number of rotatable bonds is 2. The van der Waals surface area contributed by atoms with Crippen LogP contribution >= 0.6 is 0 Å². The third kappa shape index (κ3) is 3.69. The number of aryl methyl sites for hydroxylation is 2. The number of allylic oxidation sites excluding steroid dienone is 1. The van der Waals surface area contributed by atoms with Crippen molar-refractivity contribution in [3.63, 3.8) is 0 Å². The highest BCUT2D eigenvalue weighted by Crippen LogP contribution is 2.22. The van der Waals surface area contributed by atoms with Crippen LogP contribution in [0.25, 0.3) is 6.08 Å². The predicted octanol–water partition coefficient (Wildman–Crippen LogP) is 4.15.